The number of pyridine rings is 1. The minimum Gasteiger partial charge on any atom is -0.316 e. The third-order valence-corrected chi connectivity index (χ3v) is 3.77. The van der Waals surface area contributed by atoms with E-state index in [1.54, 1.807) is 6.20 Å². The molecule has 1 atom stereocenters. The Bertz CT molecular complexity index is 379. The molecule has 1 unspecified atom stereocenters. The van der Waals surface area contributed by atoms with Gasteiger partial charge in [-0.05, 0) is 42.3 Å². The lowest BCUT2D eigenvalue weighted by Crippen LogP contribution is -2.35. The second kappa shape index (κ2) is 7.86. The van der Waals surface area contributed by atoms with Gasteiger partial charge < -0.3 is 5.32 Å². The molecule has 0 bridgehead atoms. The van der Waals surface area contributed by atoms with Crippen molar-refractivity contribution in [1.82, 2.24) is 10.3 Å². The van der Waals surface area contributed by atoms with Gasteiger partial charge in [0.15, 0.2) is 0 Å². The quantitative estimate of drug-likeness (QED) is 0.768. The van der Waals surface area contributed by atoms with E-state index < -0.39 is 0 Å². The second-order valence-electron chi connectivity index (χ2n) is 6.23. The monoisotopic (exact) mass is 282 g/mol. The number of aromatic nitrogens is 1. The Morgan fingerprint density at radius 2 is 2.16 bits per heavy atom. The van der Waals surface area contributed by atoms with E-state index in [-0.39, 0.29) is 5.41 Å². The van der Waals surface area contributed by atoms with Crippen molar-refractivity contribution in [2.24, 2.45) is 11.3 Å². The molecule has 0 saturated heterocycles. The Labute approximate surface area is 123 Å². The summed E-state index contributed by atoms with van der Waals surface area (Å²) in [4.78, 5) is 4.06. The molecular weight excluding hydrogens is 256 g/mol. The molecule has 0 aliphatic carbocycles. The molecule has 0 aromatic carbocycles. The molecule has 0 aliphatic rings. The highest BCUT2D eigenvalue weighted by atomic mass is 35.5. The summed E-state index contributed by atoms with van der Waals surface area (Å²) in [6.45, 7) is 11.2. The van der Waals surface area contributed by atoms with Crippen LogP contribution in [0.15, 0.2) is 18.5 Å². The van der Waals surface area contributed by atoms with E-state index in [4.69, 9.17) is 11.6 Å². The first-order valence-electron chi connectivity index (χ1n) is 7.26. The Balaban J connectivity index is 2.67. The molecule has 19 heavy (non-hydrogen) atoms. The second-order valence-corrected chi connectivity index (χ2v) is 6.64. The van der Waals surface area contributed by atoms with Gasteiger partial charge in [-0.1, -0.05) is 45.7 Å². The predicted molar refractivity (Wildman–Crippen MR) is 83.7 cm³/mol. The summed E-state index contributed by atoms with van der Waals surface area (Å²) < 4.78 is 0. The maximum absolute atomic E-state index is 6.23. The number of halogens is 1. The van der Waals surface area contributed by atoms with Gasteiger partial charge in [0.1, 0.15) is 0 Å². The Morgan fingerprint density at radius 3 is 2.74 bits per heavy atom. The van der Waals surface area contributed by atoms with Crippen LogP contribution in [0.2, 0.25) is 5.02 Å². The van der Waals surface area contributed by atoms with Crippen molar-refractivity contribution in [3.8, 4) is 0 Å². The smallest absolute Gasteiger partial charge is 0.0621 e. The molecule has 0 amide bonds. The van der Waals surface area contributed by atoms with Crippen LogP contribution in [-0.4, -0.2) is 18.1 Å². The van der Waals surface area contributed by atoms with Crippen LogP contribution in [0.3, 0.4) is 0 Å². The van der Waals surface area contributed by atoms with Crippen LogP contribution < -0.4 is 5.32 Å². The molecule has 0 spiro atoms. The maximum atomic E-state index is 6.23. The van der Waals surface area contributed by atoms with Crippen LogP contribution in [0.5, 0.6) is 0 Å². The average molecular weight is 283 g/mol. The molecule has 0 radical (unpaired) electrons. The van der Waals surface area contributed by atoms with Crippen molar-refractivity contribution in [1.29, 1.82) is 0 Å². The van der Waals surface area contributed by atoms with Crippen molar-refractivity contribution in [2.75, 3.05) is 13.1 Å². The van der Waals surface area contributed by atoms with E-state index in [1.807, 2.05) is 12.3 Å². The summed E-state index contributed by atoms with van der Waals surface area (Å²) in [5, 5.41) is 4.38. The third kappa shape index (κ3) is 5.92. The van der Waals surface area contributed by atoms with Crippen LogP contribution in [0.1, 0.15) is 46.1 Å². The molecule has 108 valence electrons. The molecule has 0 aliphatic heterocycles. The van der Waals surface area contributed by atoms with Gasteiger partial charge >= 0.3 is 0 Å². The summed E-state index contributed by atoms with van der Waals surface area (Å²) >= 11 is 6.23. The van der Waals surface area contributed by atoms with E-state index in [0.717, 1.165) is 24.5 Å². The molecule has 3 heteroatoms. The van der Waals surface area contributed by atoms with Gasteiger partial charge in [0.05, 0.1) is 5.02 Å². The van der Waals surface area contributed by atoms with Crippen LogP contribution in [0.4, 0.5) is 0 Å². The summed E-state index contributed by atoms with van der Waals surface area (Å²) in [7, 11) is 0. The summed E-state index contributed by atoms with van der Waals surface area (Å²) in [6.07, 6.45) is 6.98. The van der Waals surface area contributed by atoms with Crippen molar-refractivity contribution in [3.05, 3.63) is 29.0 Å². The summed E-state index contributed by atoms with van der Waals surface area (Å²) in [5.74, 6) is 0.690. The van der Waals surface area contributed by atoms with Gasteiger partial charge in [0, 0.05) is 18.9 Å². The third-order valence-electron chi connectivity index (χ3n) is 3.43. The SMILES string of the molecule is CCCC(C)(CNCC(C)C)Cc1ccncc1Cl. The van der Waals surface area contributed by atoms with Gasteiger partial charge in [-0.25, -0.2) is 0 Å². The minimum absolute atomic E-state index is 0.259. The number of hydrogen-bond donors (Lipinski definition) is 1. The Kier molecular flexibility index (Phi) is 6.81. The molecule has 1 heterocycles. The minimum atomic E-state index is 0.259. The lowest BCUT2D eigenvalue weighted by molar-refractivity contribution is 0.271. The van der Waals surface area contributed by atoms with Crippen LogP contribution in [0, 0.1) is 11.3 Å². The van der Waals surface area contributed by atoms with Gasteiger partial charge in [-0.3, -0.25) is 4.98 Å². The number of hydrogen-bond acceptors (Lipinski definition) is 2. The van der Waals surface area contributed by atoms with Crippen molar-refractivity contribution in [2.45, 2.75) is 47.0 Å². The van der Waals surface area contributed by atoms with Gasteiger partial charge in [0.2, 0.25) is 0 Å². The molecule has 1 rings (SSSR count). The number of nitrogens with one attached hydrogen (secondary N) is 1. The highest BCUT2D eigenvalue weighted by Gasteiger charge is 2.24. The number of nitrogens with zero attached hydrogens (tertiary/aromatic N) is 1. The van der Waals surface area contributed by atoms with Crippen molar-refractivity contribution >= 4 is 11.6 Å². The maximum Gasteiger partial charge on any atom is 0.0621 e. The highest BCUT2D eigenvalue weighted by Crippen LogP contribution is 2.30. The molecular formula is C16H27ClN2. The van der Waals surface area contributed by atoms with Crippen LogP contribution in [-0.2, 0) is 6.42 Å². The topological polar surface area (TPSA) is 24.9 Å². The normalized spacial score (nSPS) is 14.6. The summed E-state index contributed by atoms with van der Waals surface area (Å²) in [5.41, 5.74) is 1.47. The molecule has 0 fully saturated rings. The fraction of sp³-hybridized carbons (Fsp3) is 0.688. The predicted octanol–water partition coefficient (Wildman–Crippen LogP) is 4.33. The summed E-state index contributed by atoms with van der Waals surface area (Å²) in [6, 6.07) is 2.04. The first-order valence-corrected chi connectivity index (χ1v) is 7.64. The zero-order valence-electron chi connectivity index (χ0n) is 12.7. The molecule has 1 N–H and O–H groups in total. The number of rotatable bonds is 8. The lowest BCUT2D eigenvalue weighted by atomic mass is 9.79. The Morgan fingerprint density at radius 1 is 1.42 bits per heavy atom. The molecule has 0 saturated carbocycles. The van der Waals surface area contributed by atoms with Crippen LogP contribution >= 0.6 is 11.6 Å². The van der Waals surface area contributed by atoms with E-state index >= 15 is 0 Å². The Hall–Kier alpha value is -0.600. The van der Waals surface area contributed by atoms with E-state index in [9.17, 15) is 0 Å². The molecule has 2 nitrogen and oxygen atoms in total. The fourth-order valence-electron chi connectivity index (χ4n) is 2.51. The van der Waals surface area contributed by atoms with E-state index in [1.165, 1.54) is 18.4 Å². The van der Waals surface area contributed by atoms with Crippen LogP contribution in [0.25, 0.3) is 0 Å². The fourth-order valence-corrected chi connectivity index (χ4v) is 2.70. The van der Waals surface area contributed by atoms with Crippen molar-refractivity contribution in [3.63, 3.8) is 0 Å². The largest absolute Gasteiger partial charge is 0.316 e. The van der Waals surface area contributed by atoms with Gasteiger partial charge in [0.25, 0.3) is 0 Å². The van der Waals surface area contributed by atoms with Gasteiger partial charge in [-0.15, -0.1) is 0 Å². The van der Waals surface area contributed by atoms with Gasteiger partial charge in [-0.2, -0.15) is 0 Å². The lowest BCUT2D eigenvalue weighted by Gasteiger charge is -2.30. The van der Waals surface area contributed by atoms with Crippen molar-refractivity contribution < 1.29 is 0 Å². The van der Waals surface area contributed by atoms with E-state index in [0.29, 0.717) is 5.92 Å². The highest BCUT2D eigenvalue weighted by molar-refractivity contribution is 6.31. The van der Waals surface area contributed by atoms with E-state index in [2.05, 4.69) is 38.0 Å². The first kappa shape index (κ1) is 16.5. The molecule has 1 aromatic heterocycles. The zero-order chi connectivity index (χ0) is 14.3. The zero-order valence-corrected chi connectivity index (χ0v) is 13.4. The molecule has 1 aromatic rings. The average Bonchev–Trinajstić information content (AvgIpc) is 2.32. The first-order chi connectivity index (χ1) is 8.97. The standard InChI is InChI=1S/C16H27ClN2/c1-5-7-16(4,12-19-10-13(2)3)9-14-6-8-18-11-15(14)17/h6,8,11,13,19H,5,7,9-10,12H2,1-4H3.